The minimum absolute atomic E-state index is 0. The third kappa shape index (κ3) is 4.86. The van der Waals surface area contributed by atoms with Crippen LogP contribution in [0.15, 0.2) is 27.8 Å². The van der Waals surface area contributed by atoms with Gasteiger partial charge < -0.3 is 19.4 Å². The summed E-state index contributed by atoms with van der Waals surface area (Å²) in [6.07, 6.45) is 8.10. The Hall–Kier alpha value is -0.760. The minimum Gasteiger partial charge on any atom is -0.469 e. The van der Waals surface area contributed by atoms with Gasteiger partial charge in [0.1, 0.15) is 5.76 Å². The van der Waals surface area contributed by atoms with Crippen molar-refractivity contribution >= 4 is 29.9 Å². The molecule has 6 heteroatoms. The molecule has 1 aliphatic heterocycles. The second kappa shape index (κ2) is 8.92. The predicted octanol–water partition coefficient (Wildman–Crippen LogP) is 2.91. The van der Waals surface area contributed by atoms with E-state index in [2.05, 4.69) is 10.2 Å². The number of hydrogen-bond donors (Lipinski definition) is 1. The third-order valence-electron chi connectivity index (χ3n) is 4.94. The average Bonchev–Trinajstić information content (AvgIpc) is 3.15. The van der Waals surface area contributed by atoms with Crippen LogP contribution >= 0.6 is 24.0 Å². The first kappa shape index (κ1) is 18.6. The van der Waals surface area contributed by atoms with Crippen LogP contribution in [0.2, 0.25) is 0 Å². The standard InChI is InChI=1S/C17H27N3O2.HI/c1-21-13-10-19-16(18-9-5-15-4-2-12-22-15)20-11-8-17(14-20)6-3-7-17;/h2,4,12H,3,5-11,13-14H2,1H3,(H,18,19);1H. The number of methoxy groups -OCH3 is 1. The summed E-state index contributed by atoms with van der Waals surface area (Å²) in [6.45, 7) is 4.51. The Bertz CT molecular complexity index is 486. The number of halogens is 1. The first-order valence-corrected chi connectivity index (χ1v) is 8.36. The quantitative estimate of drug-likeness (QED) is 0.325. The Morgan fingerprint density at radius 1 is 1.43 bits per heavy atom. The van der Waals surface area contributed by atoms with Crippen LogP contribution in [-0.2, 0) is 11.2 Å². The molecule has 1 saturated heterocycles. The van der Waals surface area contributed by atoms with Gasteiger partial charge >= 0.3 is 0 Å². The molecule has 1 saturated carbocycles. The molecule has 1 aromatic heterocycles. The topological polar surface area (TPSA) is 50.0 Å². The monoisotopic (exact) mass is 433 g/mol. The van der Waals surface area contributed by atoms with Gasteiger partial charge in [0.05, 0.1) is 19.4 Å². The summed E-state index contributed by atoms with van der Waals surface area (Å²) in [7, 11) is 1.72. The summed E-state index contributed by atoms with van der Waals surface area (Å²) in [5.74, 6) is 2.05. The summed E-state index contributed by atoms with van der Waals surface area (Å²) in [5, 5.41) is 3.51. The summed E-state index contributed by atoms with van der Waals surface area (Å²) in [5.41, 5.74) is 0.588. The first-order chi connectivity index (χ1) is 10.8. The molecule has 1 aromatic rings. The van der Waals surface area contributed by atoms with E-state index in [-0.39, 0.29) is 24.0 Å². The van der Waals surface area contributed by atoms with Crippen LogP contribution in [-0.4, -0.2) is 50.8 Å². The number of guanidine groups is 1. The van der Waals surface area contributed by atoms with E-state index in [4.69, 9.17) is 14.1 Å². The number of aliphatic imine (C=N–C) groups is 1. The number of likely N-dealkylation sites (tertiary alicyclic amines) is 1. The Morgan fingerprint density at radius 3 is 2.91 bits per heavy atom. The molecule has 0 radical (unpaired) electrons. The lowest BCUT2D eigenvalue weighted by Gasteiger charge is -2.38. The first-order valence-electron chi connectivity index (χ1n) is 8.36. The fourth-order valence-corrected chi connectivity index (χ4v) is 3.46. The zero-order valence-electron chi connectivity index (χ0n) is 13.9. The Balaban J connectivity index is 0.00000192. The zero-order valence-corrected chi connectivity index (χ0v) is 16.3. The molecule has 2 heterocycles. The maximum atomic E-state index is 5.39. The van der Waals surface area contributed by atoms with Gasteiger partial charge in [-0.2, -0.15) is 0 Å². The number of nitrogens with zero attached hydrogens (tertiary/aromatic N) is 2. The van der Waals surface area contributed by atoms with Crippen molar-refractivity contribution in [3.63, 3.8) is 0 Å². The lowest BCUT2D eigenvalue weighted by Crippen LogP contribution is -2.43. The Labute approximate surface area is 155 Å². The summed E-state index contributed by atoms with van der Waals surface area (Å²) in [6, 6.07) is 3.95. The molecule has 23 heavy (non-hydrogen) atoms. The van der Waals surface area contributed by atoms with Crippen molar-refractivity contribution < 1.29 is 9.15 Å². The van der Waals surface area contributed by atoms with Gasteiger partial charge in [0.15, 0.2) is 5.96 Å². The predicted molar refractivity (Wildman–Crippen MR) is 102 cm³/mol. The number of rotatable bonds is 6. The summed E-state index contributed by atoms with van der Waals surface area (Å²) in [4.78, 5) is 7.14. The lowest BCUT2D eigenvalue weighted by atomic mass is 9.68. The molecule has 2 fully saturated rings. The summed E-state index contributed by atoms with van der Waals surface area (Å²) >= 11 is 0. The van der Waals surface area contributed by atoms with Crippen molar-refractivity contribution in [1.29, 1.82) is 0 Å². The van der Waals surface area contributed by atoms with Crippen molar-refractivity contribution in [2.24, 2.45) is 10.4 Å². The van der Waals surface area contributed by atoms with E-state index in [1.807, 2.05) is 12.1 Å². The number of furan rings is 1. The van der Waals surface area contributed by atoms with Crippen LogP contribution in [0.25, 0.3) is 0 Å². The lowest BCUT2D eigenvalue weighted by molar-refractivity contribution is 0.151. The molecule has 0 bridgehead atoms. The van der Waals surface area contributed by atoms with Crippen LogP contribution in [0.5, 0.6) is 0 Å². The van der Waals surface area contributed by atoms with E-state index in [0.29, 0.717) is 18.6 Å². The van der Waals surface area contributed by atoms with Gasteiger partial charge in [0.2, 0.25) is 0 Å². The minimum atomic E-state index is 0. The highest BCUT2D eigenvalue weighted by molar-refractivity contribution is 14.0. The van der Waals surface area contributed by atoms with Gasteiger partial charge in [-0.25, -0.2) is 0 Å². The molecule has 1 N–H and O–H groups in total. The molecule has 130 valence electrons. The van der Waals surface area contributed by atoms with Crippen LogP contribution in [0, 0.1) is 5.41 Å². The maximum Gasteiger partial charge on any atom is 0.194 e. The number of ether oxygens (including phenoxy) is 1. The van der Waals surface area contributed by atoms with Gasteiger partial charge in [-0.3, -0.25) is 4.99 Å². The molecule has 0 atom stereocenters. The molecule has 5 nitrogen and oxygen atoms in total. The Morgan fingerprint density at radius 2 is 2.30 bits per heavy atom. The second-order valence-electron chi connectivity index (χ2n) is 6.48. The van der Waals surface area contributed by atoms with E-state index in [9.17, 15) is 0 Å². The van der Waals surface area contributed by atoms with Gasteiger partial charge in [-0.05, 0) is 36.8 Å². The zero-order chi connectivity index (χ0) is 15.3. The highest BCUT2D eigenvalue weighted by Gasteiger charge is 2.43. The molecule has 0 aromatic carbocycles. The van der Waals surface area contributed by atoms with Gasteiger partial charge in [0, 0.05) is 33.2 Å². The van der Waals surface area contributed by atoms with Crippen molar-refractivity contribution in [2.45, 2.75) is 32.1 Å². The maximum absolute atomic E-state index is 5.39. The summed E-state index contributed by atoms with van der Waals surface area (Å²) < 4.78 is 10.5. The molecular formula is C17H28IN3O2. The average molecular weight is 433 g/mol. The van der Waals surface area contributed by atoms with Crippen LogP contribution in [0.3, 0.4) is 0 Å². The largest absolute Gasteiger partial charge is 0.469 e. The van der Waals surface area contributed by atoms with E-state index in [0.717, 1.165) is 37.8 Å². The van der Waals surface area contributed by atoms with Crippen LogP contribution in [0.4, 0.5) is 0 Å². The third-order valence-corrected chi connectivity index (χ3v) is 4.94. The van der Waals surface area contributed by atoms with Crippen molar-refractivity contribution in [3.05, 3.63) is 24.2 Å². The van der Waals surface area contributed by atoms with Crippen molar-refractivity contribution in [3.8, 4) is 0 Å². The SMILES string of the molecule is COCCN=C(NCCc1ccco1)N1CCC2(CCC2)C1.I. The van der Waals surface area contributed by atoms with Crippen molar-refractivity contribution in [1.82, 2.24) is 10.2 Å². The molecule has 3 rings (SSSR count). The molecule has 1 spiro atoms. The molecule has 0 amide bonds. The van der Waals surface area contributed by atoms with Gasteiger partial charge in [-0.15, -0.1) is 24.0 Å². The smallest absolute Gasteiger partial charge is 0.194 e. The Kier molecular flexibility index (Phi) is 7.20. The fraction of sp³-hybridized carbons (Fsp3) is 0.706. The normalized spacial score (nSPS) is 19.5. The van der Waals surface area contributed by atoms with E-state index in [1.165, 1.54) is 25.7 Å². The second-order valence-corrected chi connectivity index (χ2v) is 6.48. The van der Waals surface area contributed by atoms with E-state index < -0.39 is 0 Å². The van der Waals surface area contributed by atoms with Crippen LogP contribution < -0.4 is 5.32 Å². The molecule has 0 unspecified atom stereocenters. The van der Waals surface area contributed by atoms with E-state index in [1.54, 1.807) is 13.4 Å². The highest BCUT2D eigenvalue weighted by atomic mass is 127. The van der Waals surface area contributed by atoms with Gasteiger partial charge in [-0.1, -0.05) is 6.42 Å². The number of nitrogens with one attached hydrogen (secondary N) is 1. The molecule has 1 aliphatic carbocycles. The van der Waals surface area contributed by atoms with Crippen LogP contribution in [0.1, 0.15) is 31.4 Å². The van der Waals surface area contributed by atoms with Gasteiger partial charge in [0.25, 0.3) is 0 Å². The van der Waals surface area contributed by atoms with E-state index >= 15 is 0 Å². The molecular weight excluding hydrogens is 405 g/mol. The molecule has 2 aliphatic rings. The van der Waals surface area contributed by atoms with Crippen molar-refractivity contribution in [2.75, 3.05) is 39.9 Å². The number of hydrogen-bond acceptors (Lipinski definition) is 3. The highest BCUT2D eigenvalue weighted by Crippen LogP contribution is 2.47. The fourth-order valence-electron chi connectivity index (χ4n) is 3.46.